The van der Waals surface area contributed by atoms with Crippen LogP contribution in [0, 0.1) is 6.92 Å². The largest absolute Gasteiger partial charge is 0.497 e. The number of anilines is 3. The lowest BCUT2D eigenvalue weighted by atomic mass is 10.3. The third-order valence-corrected chi connectivity index (χ3v) is 2.54. The summed E-state index contributed by atoms with van der Waals surface area (Å²) >= 11 is 0. The van der Waals surface area contributed by atoms with Crippen LogP contribution in [0.1, 0.15) is 12.7 Å². The van der Waals surface area contributed by atoms with E-state index in [1.807, 2.05) is 44.2 Å². The van der Waals surface area contributed by atoms with E-state index in [1.165, 1.54) is 0 Å². The number of hydrogen-bond donors (Lipinski definition) is 2. The Labute approximate surface area is 113 Å². The van der Waals surface area contributed by atoms with Gasteiger partial charge in [-0.05, 0) is 26.0 Å². The summed E-state index contributed by atoms with van der Waals surface area (Å²) in [6, 6.07) is 9.61. The lowest BCUT2D eigenvalue weighted by molar-refractivity contribution is 0.415. The summed E-state index contributed by atoms with van der Waals surface area (Å²) in [7, 11) is 1.65. The summed E-state index contributed by atoms with van der Waals surface area (Å²) < 4.78 is 5.19. The monoisotopic (exact) mass is 258 g/mol. The van der Waals surface area contributed by atoms with Crippen LogP contribution in [0.5, 0.6) is 5.75 Å². The zero-order valence-corrected chi connectivity index (χ0v) is 11.4. The van der Waals surface area contributed by atoms with Gasteiger partial charge in [0, 0.05) is 24.4 Å². The molecule has 0 spiro atoms. The standard InChI is InChI=1S/C14H18N4O/c1-4-15-13-9-14(17-10(2)16-13)18-11-6-5-7-12(8-11)19-3/h5-9H,4H2,1-3H3,(H2,15,16,17,18). The van der Waals surface area contributed by atoms with Gasteiger partial charge >= 0.3 is 0 Å². The molecule has 1 heterocycles. The summed E-state index contributed by atoms with van der Waals surface area (Å²) in [5.41, 5.74) is 0.930. The van der Waals surface area contributed by atoms with Crippen molar-refractivity contribution in [2.45, 2.75) is 13.8 Å². The van der Waals surface area contributed by atoms with Crippen molar-refractivity contribution >= 4 is 17.3 Å². The van der Waals surface area contributed by atoms with Gasteiger partial charge in [-0.15, -0.1) is 0 Å². The molecule has 0 aliphatic carbocycles. The van der Waals surface area contributed by atoms with Gasteiger partial charge in [0.05, 0.1) is 7.11 Å². The number of aryl methyl sites for hydroxylation is 1. The van der Waals surface area contributed by atoms with Crippen molar-refractivity contribution in [1.82, 2.24) is 9.97 Å². The molecule has 0 unspecified atom stereocenters. The first kappa shape index (κ1) is 13.1. The van der Waals surface area contributed by atoms with Gasteiger partial charge in [-0.2, -0.15) is 0 Å². The van der Waals surface area contributed by atoms with E-state index in [9.17, 15) is 0 Å². The van der Waals surface area contributed by atoms with Gasteiger partial charge in [-0.1, -0.05) is 6.07 Å². The number of nitrogens with one attached hydrogen (secondary N) is 2. The van der Waals surface area contributed by atoms with E-state index in [4.69, 9.17) is 4.74 Å². The third-order valence-electron chi connectivity index (χ3n) is 2.54. The number of rotatable bonds is 5. The second-order valence-corrected chi connectivity index (χ2v) is 4.07. The fourth-order valence-corrected chi connectivity index (χ4v) is 1.75. The van der Waals surface area contributed by atoms with Crippen molar-refractivity contribution in [2.24, 2.45) is 0 Å². The minimum Gasteiger partial charge on any atom is -0.497 e. The molecular formula is C14H18N4O. The first-order valence-corrected chi connectivity index (χ1v) is 6.22. The lowest BCUT2D eigenvalue weighted by Gasteiger charge is -2.10. The average Bonchev–Trinajstić information content (AvgIpc) is 2.38. The number of benzene rings is 1. The van der Waals surface area contributed by atoms with Crippen LogP contribution in [0.25, 0.3) is 0 Å². The predicted molar refractivity (Wildman–Crippen MR) is 77.2 cm³/mol. The molecule has 5 heteroatoms. The van der Waals surface area contributed by atoms with E-state index in [0.717, 1.165) is 35.4 Å². The van der Waals surface area contributed by atoms with Gasteiger partial charge in [0.2, 0.25) is 0 Å². The Bertz CT molecular complexity index is 557. The van der Waals surface area contributed by atoms with Crippen LogP contribution >= 0.6 is 0 Å². The Morgan fingerprint density at radius 3 is 2.68 bits per heavy atom. The predicted octanol–water partition coefficient (Wildman–Crippen LogP) is 2.97. The van der Waals surface area contributed by atoms with Crippen molar-refractivity contribution in [3.63, 3.8) is 0 Å². The number of methoxy groups -OCH3 is 1. The van der Waals surface area contributed by atoms with Gasteiger partial charge in [0.1, 0.15) is 23.2 Å². The summed E-state index contributed by atoms with van der Waals surface area (Å²) in [4.78, 5) is 8.68. The SMILES string of the molecule is CCNc1cc(Nc2cccc(OC)c2)nc(C)n1. The zero-order chi connectivity index (χ0) is 13.7. The molecule has 0 saturated carbocycles. The number of nitrogens with zero attached hydrogens (tertiary/aromatic N) is 2. The fourth-order valence-electron chi connectivity index (χ4n) is 1.75. The fraction of sp³-hybridized carbons (Fsp3) is 0.286. The molecule has 0 aliphatic rings. The molecule has 0 atom stereocenters. The molecular weight excluding hydrogens is 240 g/mol. The first-order chi connectivity index (χ1) is 9.21. The Kier molecular flexibility index (Phi) is 4.18. The Hall–Kier alpha value is -2.30. The van der Waals surface area contributed by atoms with E-state index in [1.54, 1.807) is 7.11 Å². The van der Waals surface area contributed by atoms with Crippen LogP contribution in [0.4, 0.5) is 17.3 Å². The van der Waals surface area contributed by atoms with E-state index in [-0.39, 0.29) is 0 Å². The number of aromatic nitrogens is 2. The van der Waals surface area contributed by atoms with Crippen molar-refractivity contribution < 1.29 is 4.74 Å². The molecule has 0 fully saturated rings. The Morgan fingerprint density at radius 1 is 1.16 bits per heavy atom. The van der Waals surface area contributed by atoms with Gasteiger partial charge < -0.3 is 15.4 Å². The highest BCUT2D eigenvalue weighted by molar-refractivity contribution is 5.60. The van der Waals surface area contributed by atoms with E-state index >= 15 is 0 Å². The molecule has 0 bridgehead atoms. The smallest absolute Gasteiger partial charge is 0.136 e. The van der Waals surface area contributed by atoms with Crippen LogP contribution in [0.15, 0.2) is 30.3 Å². The van der Waals surface area contributed by atoms with Gasteiger partial charge in [-0.3, -0.25) is 0 Å². The molecule has 1 aromatic heterocycles. The molecule has 0 amide bonds. The third kappa shape index (κ3) is 3.58. The molecule has 0 saturated heterocycles. The van der Waals surface area contributed by atoms with E-state index in [2.05, 4.69) is 20.6 Å². The molecule has 0 radical (unpaired) electrons. The zero-order valence-electron chi connectivity index (χ0n) is 11.4. The van der Waals surface area contributed by atoms with Crippen LogP contribution in [0.2, 0.25) is 0 Å². The Morgan fingerprint density at radius 2 is 1.95 bits per heavy atom. The molecule has 2 aromatic rings. The molecule has 1 aromatic carbocycles. The topological polar surface area (TPSA) is 59.1 Å². The summed E-state index contributed by atoms with van der Waals surface area (Å²) in [6.07, 6.45) is 0. The summed E-state index contributed by atoms with van der Waals surface area (Å²) in [6.45, 7) is 4.74. The number of ether oxygens (including phenoxy) is 1. The Balaban J connectivity index is 2.22. The lowest BCUT2D eigenvalue weighted by Crippen LogP contribution is -2.04. The second kappa shape index (κ2) is 6.04. The van der Waals surface area contributed by atoms with Crippen molar-refractivity contribution in [2.75, 3.05) is 24.3 Å². The van der Waals surface area contributed by atoms with Gasteiger partial charge in [0.15, 0.2) is 0 Å². The summed E-state index contributed by atoms with van der Waals surface area (Å²) in [5, 5.41) is 6.43. The maximum absolute atomic E-state index is 5.19. The quantitative estimate of drug-likeness (QED) is 0.863. The highest BCUT2D eigenvalue weighted by Gasteiger charge is 2.02. The molecule has 19 heavy (non-hydrogen) atoms. The van der Waals surface area contributed by atoms with Crippen molar-refractivity contribution in [3.05, 3.63) is 36.2 Å². The molecule has 100 valence electrons. The normalized spacial score (nSPS) is 10.1. The van der Waals surface area contributed by atoms with E-state index < -0.39 is 0 Å². The minimum atomic E-state index is 0.726. The summed E-state index contributed by atoms with van der Waals surface area (Å²) in [5.74, 6) is 3.11. The second-order valence-electron chi connectivity index (χ2n) is 4.07. The first-order valence-electron chi connectivity index (χ1n) is 6.22. The van der Waals surface area contributed by atoms with Gasteiger partial charge in [-0.25, -0.2) is 9.97 Å². The number of hydrogen-bond acceptors (Lipinski definition) is 5. The van der Waals surface area contributed by atoms with Crippen LogP contribution < -0.4 is 15.4 Å². The van der Waals surface area contributed by atoms with E-state index in [0.29, 0.717) is 0 Å². The van der Waals surface area contributed by atoms with Crippen LogP contribution in [-0.2, 0) is 0 Å². The average molecular weight is 258 g/mol. The molecule has 5 nitrogen and oxygen atoms in total. The molecule has 2 N–H and O–H groups in total. The van der Waals surface area contributed by atoms with Crippen molar-refractivity contribution in [1.29, 1.82) is 0 Å². The molecule has 0 aliphatic heterocycles. The minimum absolute atomic E-state index is 0.726. The van der Waals surface area contributed by atoms with Crippen LogP contribution in [-0.4, -0.2) is 23.6 Å². The highest BCUT2D eigenvalue weighted by atomic mass is 16.5. The maximum Gasteiger partial charge on any atom is 0.136 e. The van der Waals surface area contributed by atoms with Gasteiger partial charge in [0.25, 0.3) is 0 Å². The maximum atomic E-state index is 5.19. The van der Waals surface area contributed by atoms with Crippen molar-refractivity contribution in [3.8, 4) is 5.75 Å². The highest BCUT2D eigenvalue weighted by Crippen LogP contribution is 2.21. The van der Waals surface area contributed by atoms with Crippen LogP contribution in [0.3, 0.4) is 0 Å². The molecule has 2 rings (SSSR count).